The van der Waals surface area contributed by atoms with Gasteiger partial charge in [0.2, 0.25) is 0 Å². The molecule has 1 aliphatic rings. The summed E-state index contributed by atoms with van der Waals surface area (Å²) in [4.78, 5) is 22.8. The third-order valence-electron chi connectivity index (χ3n) is 2.47. The molecule has 0 atom stereocenters. The van der Waals surface area contributed by atoms with Gasteiger partial charge in [0.15, 0.2) is 0 Å². The first-order chi connectivity index (χ1) is 6.61. The van der Waals surface area contributed by atoms with Crippen LogP contribution in [0.1, 0.15) is 15.9 Å². The highest BCUT2D eigenvalue weighted by Gasteiger charge is 2.21. The first-order valence-electron chi connectivity index (χ1n) is 4.38. The molecule has 1 aromatic heterocycles. The quantitative estimate of drug-likeness (QED) is 0.569. The minimum absolute atomic E-state index is 0.170. The Balaban J connectivity index is 2.77. The fourth-order valence-electron chi connectivity index (χ4n) is 1.63. The van der Waals surface area contributed by atoms with Crippen LogP contribution in [0.25, 0.3) is 0 Å². The van der Waals surface area contributed by atoms with Gasteiger partial charge >= 0.3 is 0 Å². The number of amides is 1. The number of rotatable bonds is 0. The Kier molecular flexibility index (Phi) is 1.80. The predicted octanol–water partition coefficient (Wildman–Crippen LogP) is -0.747. The van der Waals surface area contributed by atoms with Crippen LogP contribution in [0.3, 0.4) is 0 Å². The second-order valence-corrected chi connectivity index (χ2v) is 3.33. The number of nitrogens with two attached hydrogens (primary N) is 1. The maximum Gasteiger partial charge on any atom is 0.255 e. The Morgan fingerprint density at radius 2 is 2.21 bits per heavy atom. The Hall–Kier alpha value is -1.78. The van der Waals surface area contributed by atoms with E-state index in [-0.39, 0.29) is 17.3 Å². The molecule has 1 amide bonds. The van der Waals surface area contributed by atoms with Gasteiger partial charge in [0.25, 0.3) is 11.5 Å². The molecule has 2 rings (SSSR count). The van der Waals surface area contributed by atoms with Crippen LogP contribution >= 0.6 is 0 Å². The summed E-state index contributed by atoms with van der Waals surface area (Å²) in [7, 11) is 1.56. The first kappa shape index (κ1) is 8.80. The molecular formula is C9H11N3O2. The monoisotopic (exact) mass is 193 g/mol. The third-order valence-corrected chi connectivity index (χ3v) is 2.47. The normalized spacial score (nSPS) is 14.8. The lowest BCUT2D eigenvalue weighted by atomic mass is 10.0. The minimum Gasteiger partial charge on any atom is -0.384 e. The van der Waals surface area contributed by atoms with E-state index in [0.29, 0.717) is 18.5 Å². The fraction of sp³-hybridized carbons (Fsp3) is 0.333. The van der Waals surface area contributed by atoms with E-state index < -0.39 is 0 Å². The molecule has 74 valence electrons. The lowest BCUT2D eigenvalue weighted by Crippen LogP contribution is -2.36. The number of carbonyl (C=O) groups is 1. The van der Waals surface area contributed by atoms with Crippen molar-refractivity contribution in [3.8, 4) is 0 Å². The van der Waals surface area contributed by atoms with E-state index in [1.807, 2.05) is 0 Å². The van der Waals surface area contributed by atoms with E-state index in [0.717, 1.165) is 5.56 Å². The van der Waals surface area contributed by atoms with Gasteiger partial charge in [-0.1, -0.05) is 0 Å². The van der Waals surface area contributed by atoms with Crippen LogP contribution in [-0.4, -0.2) is 17.0 Å². The van der Waals surface area contributed by atoms with Crippen molar-refractivity contribution in [1.82, 2.24) is 9.88 Å². The van der Waals surface area contributed by atoms with Crippen LogP contribution in [0.4, 0.5) is 5.82 Å². The molecule has 5 nitrogen and oxygen atoms in total. The van der Waals surface area contributed by atoms with Crippen molar-refractivity contribution in [2.24, 2.45) is 7.05 Å². The number of carbonyl (C=O) groups excluding carboxylic acids is 1. The summed E-state index contributed by atoms with van der Waals surface area (Å²) in [6.45, 7) is 0.568. The van der Waals surface area contributed by atoms with Gasteiger partial charge in [-0.05, 0) is 12.0 Å². The van der Waals surface area contributed by atoms with Gasteiger partial charge in [0.1, 0.15) is 5.82 Å². The van der Waals surface area contributed by atoms with Gasteiger partial charge in [0, 0.05) is 19.7 Å². The summed E-state index contributed by atoms with van der Waals surface area (Å²) in [5, 5.41) is 2.69. The van der Waals surface area contributed by atoms with Gasteiger partial charge in [0.05, 0.1) is 5.56 Å². The molecule has 5 heteroatoms. The molecule has 0 spiro atoms. The van der Waals surface area contributed by atoms with Crippen molar-refractivity contribution < 1.29 is 4.79 Å². The Morgan fingerprint density at radius 1 is 1.50 bits per heavy atom. The van der Waals surface area contributed by atoms with Crippen LogP contribution in [0.5, 0.6) is 0 Å². The number of nitrogens with one attached hydrogen (secondary N) is 1. The van der Waals surface area contributed by atoms with Crippen molar-refractivity contribution in [2.45, 2.75) is 6.42 Å². The molecule has 0 unspecified atom stereocenters. The Bertz CT molecular complexity index is 462. The lowest BCUT2D eigenvalue weighted by Gasteiger charge is -2.19. The number of nitrogen functional groups attached to an aromatic ring is 1. The van der Waals surface area contributed by atoms with Crippen molar-refractivity contribution >= 4 is 11.7 Å². The summed E-state index contributed by atoms with van der Waals surface area (Å²) < 4.78 is 1.28. The van der Waals surface area contributed by atoms with Crippen molar-refractivity contribution in [2.75, 3.05) is 12.3 Å². The first-order valence-corrected chi connectivity index (χ1v) is 4.38. The lowest BCUT2D eigenvalue weighted by molar-refractivity contribution is 0.0946. The average molecular weight is 193 g/mol. The molecule has 1 aliphatic heterocycles. The van der Waals surface area contributed by atoms with Crippen LogP contribution in [0, 0.1) is 0 Å². The zero-order valence-electron chi connectivity index (χ0n) is 7.83. The van der Waals surface area contributed by atoms with E-state index in [1.165, 1.54) is 10.6 Å². The molecule has 0 fully saturated rings. The fourth-order valence-corrected chi connectivity index (χ4v) is 1.63. The van der Waals surface area contributed by atoms with Crippen LogP contribution in [0.2, 0.25) is 0 Å². The zero-order valence-corrected chi connectivity index (χ0v) is 7.83. The molecule has 2 heterocycles. The van der Waals surface area contributed by atoms with E-state index in [1.54, 1.807) is 7.05 Å². The van der Waals surface area contributed by atoms with Crippen molar-refractivity contribution in [1.29, 1.82) is 0 Å². The molecule has 14 heavy (non-hydrogen) atoms. The van der Waals surface area contributed by atoms with E-state index in [9.17, 15) is 9.59 Å². The number of fused-ring (bicyclic) bond motifs is 1. The second kappa shape index (κ2) is 2.87. The molecule has 0 aromatic carbocycles. The number of pyridine rings is 1. The summed E-state index contributed by atoms with van der Waals surface area (Å²) in [5.41, 5.74) is 6.71. The molecule has 0 saturated heterocycles. The molecule has 3 N–H and O–H groups in total. The van der Waals surface area contributed by atoms with E-state index >= 15 is 0 Å². The van der Waals surface area contributed by atoms with Crippen LogP contribution in [-0.2, 0) is 13.5 Å². The predicted molar refractivity (Wildman–Crippen MR) is 52.1 cm³/mol. The topological polar surface area (TPSA) is 77.1 Å². The Labute approximate surface area is 80.5 Å². The highest BCUT2D eigenvalue weighted by Crippen LogP contribution is 2.17. The number of nitrogens with zero attached hydrogens (tertiary/aromatic N) is 1. The summed E-state index contributed by atoms with van der Waals surface area (Å²) in [6.07, 6.45) is 0.668. The highest BCUT2D eigenvalue weighted by atomic mass is 16.2. The SMILES string of the molecule is Cn1c(N)c2c(cc1=O)CCNC2=O. The van der Waals surface area contributed by atoms with Crippen LogP contribution in [0.15, 0.2) is 10.9 Å². The van der Waals surface area contributed by atoms with Gasteiger partial charge in [-0.2, -0.15) is 0 Å². The van der Waals surface area contributed by atoms with Gasteiger partial charge < -0.3 is 11.1 Å². The summed E-state index contributed by atoms with van der Waals surface area (Å²) >= 11 is 0. The molecule has 1 aromatic rings. The highest BCUT2D eigenvalue weighted by molar-refractivity contribution is 6.00. The smallest absolute Gasteiger partial charge is 0.255 e. The minimum atomic E-state index is -0.195. The number of anilines is 1. The number of hydrogen-bond donors (Lipinski definition) is 2. The third kappa shape index (κ3) is 1.09. The summed E-state index contributed by atoms with van der Waals surface area (Å²) in [5.74, 6) is 0.0454. The second-order valence-electron chi connectivity index (χ2n) is 3.33. The van der Waals surface area contributed by atoms with Gasteiger partial charge in [-0.15, -0.1) is 0 Å². The summed E-state index contributed by atoms with van der Waals surface area (Å²) in [6, 6.07) is 1.48. The Morgan fingerprint density at radius 3 is 2.93 bits per heavy atom. The number of aromatic nitrogens is 1. The molecular weight excluding hydrogens is 182 g/mol. The van der Waals surface area contributed by atoms with Crippen molar-refractivity contribution in [3.63, 3.8) is 0 Å². The molecule has 0 radical (unpaired) electrons. The van der Waals surface area contributed by atoms with Gasteiger partial charge in [-0.3, -0.25) is 14.2 Å². The zero-order chi connectivity index (χ0) is 10.3. The largest absolute Gasteiger partial charge is 0.384 e. The number of hydrogen-bond acceptors (Lipinski definition) is 3. The average Bonchev–Trinajstić information content (AvgIpc) is 2.14. The maximum atomic E-state index is 11.5. The van der Waals surface area contributed by atoms with E-state index in [2.05, 4.69) is 5.32 Å². The molecule has 0 aliphatic carbocycles. The van der Waals surface area contributed by atoms with Gasteiger partial charge in [-0.25, -0.2) is 0 Å². The van der Waals surface area contributed by atoms with Crippen molar-refractivity contribution in [3.05, 3.63) is 27.5 Å². The molecule has 0 bridgehead atoms. The van der Waals surface area contributed by atoms with Crippen LogP contribution < -0.4 is 16.6 Å². The standard InChI is InChI=1S/C9H11N3O2/c1-12-6(13)4-5-2-3-11-9(14)7(5)8(12)10/h4H,2-3,10H2,1H3,(H,11,14). The molecule has 0 saturated carbocycles. The maximum absolute atomic E-state index is 11.5. The van der Waals surface area contributed by atoms with E-state index in [4.69, 9.17) is 5.73 Å².